The number of nitriles is 1. The van der Waals surface area contributed by atoms with Crippen LogP contribution in [0.5, 0.6) is 0 Å². The molecule has 0 amide bonds. The van der Waals surface area contributed by atoms with Gasteiger partial charge in [-0.15, -0.1) is 0 Å². The van der Waals surface area contributed by atoms with Gasteiger partial charge in [-0.3, -0.25) is 0 Å². The number of benzene rings is 1. The van der Waals surface area contributed by atoms with Crippen molar-refractivity contribution in [3.05, 3.63) is 29.3 Å². The molecule has 3 nitrogen and oxygen atoms in total. The number of rotatable bonds is 4. The van der Waals surface area contributed by atoms with E-state index in [1.54, 1.807) is 6.07 Å². The molecule has 1 aliphatic rings. The summed E-state index contributed by atoms with van der Waals surface area (Å²) in [5, 5.41) is 11.8. The Labute approximate surface area is 128 Å². The number of alkyl halides is 3. The highest BCUT2D eigenvalue weighted by molar-refractivity contribution is 5.53. The van der Waals surface area contributed by atoms with Gasteiger partial charge in [0, 0.05) is 18.8 Å². The molecule has 0 atom stereocenters. The number of likely N-dealkylation sites (tertiary alicyclic amines) is 1. The van der Waals surface area contributed by atoms with Crippen LogP contribution in [-0.2, 0) is 6.18 Å². The molecule has 2 rings (SSSR count). The molecule has 0 bridgehead atoms. The maximum absolute atomic E-state index is 12.9. The van der Waals surface area contributed by atoms with Crippen LogP contribution in [0, 0.1) is 17.2 Å². The Hall–Kier alpha value is -1.74. The summed E-state index contributed by atoms with van der Waals surface area (Å²) in [6.07, 6.45) is -2.16. The van der Waals surface area contributed by atoms with Crippen LogP contribution < -0.4 is 5.32 Å². The predicted molar refractivity (Wildman–Crippen MR) is 79.5 cm³/mol. The smallest absolute Gasteiger partial charge is 0.384 e. The van der Waals surface area contributed by atoms with Gasteiger partial charge >= 0.3 is 6.18 Å². The van der Waals surface area contributed by atoms with Crippen LogP contribution in [0.1, 0.15) is 30.9 Å². The number of halogens is 3. The van der Waals surface area contributed by atoms with Crippen LogP contribution in [0.15, 0.2) is 18.2 Å². The summed E-state index contributed by atoms with van der Waals surface area (Å²) >= 11 is 0. The van der Waals surface area contributed by atoms with Gasteiger partial charge in [-0.25, -0.2) is 0 Å². The van der Waals surface area contributed by atoms with Crippen LogP contribution in [0.4, 0.5) is 18.9 Å². The first-order chi connectivity index (χ1) is 10.4. The quantitative estimate of drug-likeness (QED) is 0.921. The van der Waals surface area contributed by atoms with Crippen LogP contribution in [0.2, 0.25) is 0 Å². The fraction of sp³-hybridized carbons (Fsp3) is 0.562. The van der Waals surface area contributed by atoms with E-state index in [1.165, 1.54) is 25.0 Å². The molecule has 1 N–H and O–H groups in total. The minimum absolute atomic E-state index is 0.344. The predicted octanol–water partition coefficient (Wildman–Crippen LogP) is 3.72. The number of nitrogens with zero attached hydrogens (tertiary/aromatic N) is 2. The molecule has 6 heteroatoms. The van der Waals surface area contributed by atoms with Gasteiger partial charge in [0.25, 0.3) is 0 Å². The fourth-order valence-corrected chi connectivity index (χ4v) is 2.63. The second-order valence-corrected chi connectivity index (χ2v) is 5.82. The molecule has 1 heterocycles. The summed E-state index contributed by atoms with van der Waals surface area (Å²) in [7, 11) is 0. The van der Waals surface area contributed by atoms with Crippen molar-refractivity contribution in [2.24, 2.45) is 5.92 Å². The van der Waals surface area contributed by atoms with Gasteiger partial charge in [-0.2, -0.15) is 18.4 Å². The lowest BCUT2D eigenvalue weighted by Gasteiger charge is -2.30. The van der Waals surface area contributed by atoms with E-state index in [9.17, 15) is 13.2 Å². The maximum Gasteiger partial charge on any atom is 0.417 e. The van der Waals surface area contributed by atoms with Gasteiger partial charge in [0.15, 0.2) is 0 Å². The van der Waals surface area contributed by atoms with Gasteiger partial charge in [0.2, 0.25) is 0 Å². The van der Waals surface area contributed by atoms with Crippen molar-refractivity contribution in [3.8, 4) is 6.07 Å². The monoisotopic (exact) mass is 311 g/mol. The van der Waals surface area contributed by atoms with Crippen molar-refractivity contribution in [1.82, 2.24) is 4.90 Å². The minimum Gasteiger partial charge on any atom is -0.384 e. The Morgan fingerprint density at radius 2 is 2.00 bits per heavy atom. The summed E-state index contributed by atoms with van der Waals surface area (Å²) < 4.78 is 38.6. The third kappa shape index (κ3) is 4.38. The zero-order valence-electron chi connectivity index (χ0n) is 12.6. The lowest BCUT2D eigenvalue weighted by Crippen LogP contribution is -2.36. The molecule has 0 aliphatic carbocycles. The third-order valence-electron chi connectivity index (χ3n) is 4.08. The summed E-state index contributed by atoms with van der Waals surface area (Å²) in [4.78, 5) is 2.32. The van der Waals surface area contributed by atoms with E-state index >= 15 is 0 Å². The third-order valence-corrected chi connectivity index (χ3v) is 4.08. The van der Waals surface area contributed by atoms with E-state index in [0.717, 1.165) is 31.6 Å². The first kappa shape index (κ1) is 16.6. The van der Waals surface area contributed by atoms with Crippen molar-refractivity contribution >= 4 is 5.69 Å². The van der Waals surface area contributed by atoms with Crippen LogP contribution in [0.25, 0.3) is 0 Å². The second kappa shape index (κ2) is 7.01. The molecule has 0 spiro atoms. The number of nitrogens with one attached hydrogen (secondary N) is 1. The van der Waals surface area contributed by atoms with Crippen molar-refractivity contribution in [2.75, 3.05) is 31.5 Å². The molecule has 1 aromatic carbocycles. The summed E-state index contributed by atoms with van der Waals surface area (Å²) in [6, 6.07) is 5.33. The molecular formula is C16H20F3N3. The Kier molecular flexibility index (Phi) is 5.30. The lowest BCUT2D eigenvalue weighted by atomic mass is 9.99. The Balaban J connectivity index is 1.92. The highest BCUT2D eigenvalue weighted by Gasteiger charge is 2.33. The Morgan fingerprint density at radius 1 is 1.32 bits per heavy atom. The molecule has 0 aromatic heterocycles. The zero-order valence-corrected chi connectivity index (χ0v) is 12.6. The number of hydrogen-bond donors (Lipinski definition) is 1. The average Bonchev–Trinajstić information content (AvgIpc) is 2.48. The largest absolute Gasteiger partial charge is 0.417 e. The SMILES string of the molecule is CC1CCN(CCNc2ccc(C#N)c(C(F)(F)F)c2)CC1. The highest BCUT2D eigenvalue weighted by atomic mass is 19.4. The van der Waals surface area contributed by atoms with Crippen LogP contribution in [0.3, 0.4) is 0 Å². The van der Waals surface area contributed by atoms with Crippen molar-refractivity contribution in [3.63, 3.8) is 0 Å². The molecule has 22 heavy (non-hydrogen) atoms. The van der Waals surface area contributed by atoms with Gasteiger partial charge in [0.1, 0.15) is 0 Å². The topological polar surface area (TPSA) is 39.1 Å². The van der Waals surface area contributed by atoms with E-state index in [4.69, 9.17) is 5.26 Å². The molecule has 1 saturated heterocycles. The first-order valence-corrected chi connectivity index (χ1v) is 7.47. The van der Waals surface area contributed by atoms with Crippen molar-refractivity contribution in [1.29, 1.82) is 5.26 Å². The van der Waals surface area contributed by atoms with E-state index in [1.807, 2.05) is 0 Å². The molecule has 1 aromatic rings. The van der Waals surface area contributed by atoms with Crippen LogP contribution >= 0.6 is 0 Å². The van der Waals surface area contributed by atoms with Gasteiger partial charge in [-0.05, 0) is 50.0 Å². The number of anilines is 1. The molecule has 0 radical (unpaired) electrons. The minimum atomic E-state index is -4.51. The average molecular weight is 311 g/mol. The van der Waals surface area contributed by atoms with E-state index in [-0.39, 0.29) is 5.56 Å². The maximum atomic E-state index is 12.9. The number of piperidine rings is 1. The molecular weight excluding hydrogens is 291 g/mol. The second-order valence-electron chi connectivity index (χ2n) is 5.82. The van der Waals surface area contributed by atoms with Crippen molar-refractivity contribution in [2.45, 2.75) is 25.9 Å². The molecule has 1 fully saturated rings. The number of hydrogen-bond acceptors (Lipinski definition) is 3. The Bertz CT molecular complexity index is 541. The van der Waals surface area contributed by atoms with Gasteiger partial charge in [-0.1, -0.05) is 6.92 Å². The first-order valence-electron chi connectivity index (χ1n) is 7.47. The van der Waals surface area contributed by atoms with Gasteiger partial charge < -0.3 is 10.2 Å². The van der Waals surface area contributed by atoms with Crippen molar-refractivity contribution < 1.29 is 13.2 Å². The van der Waals surface area contributed by atoms with E-state index in [2.05, 4.69) is 17.1 Å². The van der Waals surface area contributed by atoms with E-state index < -0.39 is 11.7 Å². The summed E-state index contributed by atoms with van der Waals surface area (Å²) in [5.41, 5.74) is -0.827. The lowest BCUT2D eigenvalue weighted by molar-refractivity contribution is -0.137. The zero-order chi connectivity index (χ0) is 16.2. The molecule has 1 aliphatic heterocycles. The highest BCUT2D eigenvalue weighted by Crippen LogP contribution is 2.33. The van der Waals surface area contributed by atoms with Gasteiger partial charge in [0.05, 0.1) is 17.2 Å². The normalized spacial score (nSPS) is 17.2. The molecule has 0 saturated carbocycles. The molecule has 120 valence electrons. The van der Waals surface area contributed by atoms with E-state index in [0.29, 0.717) is 12.2 Å². The fourth-order valence-electron chi connectivity index (χ4n) is 2.63. The Morgan fingerprint density at radius 3 is 2.59 bits per heavy atom. The molecule has 0 unspecified atom stereocenters. The van der Waals surface area contributed by atoms with Crippen LogP contribution in [-0.4, -0.2) is 31.1 Å². The summed E-state index contributed by atoms with van der Waals surface area (Å²) in [5.74, 6) is 0.761. The standard InChI is InChI=1S/C16H20F3N3/c1-12-4-7-22(8-5-12)9-6-21-14-3-2-13(11-20)15(10-14)16(17,18)19/h2-3,10,12,21H,4-9H2,1H3. The summed E-state index contributed by atoms with van der Waals surface area (Å²) in [6.45, 7) is 5.74.